The van der Waals surface area contributed by atoms with Crippen molar-refractivity contribution in [3.63, 3.8) is 0 Å². The molecule has 0 spiro atoms. The summed E-state index contributed by atoms with van der Waals surface area (Å²) in [6.45, 7) is 4.17. The van der Waals surface area contributed by atoms with E-state index in [1.165, 1.54) is 24.3 Å². The lowest BCUT2D eigenvalue weighted by Gasteiger charge is -2.26. The molecule has 41 heavy (non-hydrogen) atoms. The van der Waals surface area contributed by atoms with E-state index in [2.05, 4.69) is 5.32 Å². The number of carbonyl (C=O) groups is 4. The van der Waals surface area contributed by atoms with Crippen molar-refractivity contribution in [3.8, 4) is 0 Å². The first kappa shape index (κ1) is 31.0. The molecule has 0 unspecified atom stereocenters. The van der Waals surface area contributed by atoms with Crippen molar-refractivity contribution in [2.24, 2.45) is 0 Å². The van der Waals surface area contributed by atoms with Gasteiger partial charge in [0.2, 0.25) is 12.2 Å². The molecule has 10 heteroatoms. The van der Waals surface area contributed by atoms with Crippen LogP contribution in [0.25, 0.3) is 0 Å². The average Bonchev–Trinajstić information content (AvgIpc) is 2.98. The van der Waals surface area contributed by atoms with Crippen molar-refractivity contribution in [1.29, 1.82) is 0 Å². The molecule has 2 N–H and O–H groups in total. The molecular weight excluding hydrogens is 530 g/mol. The molecule has 0 saturated heterocycles. The van der Waals surface area contributed by atoms with Crippen LogP contribution in [0.3, 0.4) is 0 Å². The Bertz CT molecular complexity index is 1270. The Balaban J connectivity index is 1.82. The number of esters is 3. The zero-order valence-electron chi connectivity index (χ0n) is 22.8. The minimum absolute atomic E-state index is 0.0376. The summed E-state index contributed by atoms with van der Waals surface area (Å²) in [6.07, 6.45) is -5.18. The van der Waals surface area contributed by atoms with Crippen LogP contribution in [0.15, 0.2) is 91.0 Å². The van der Waals surface area contributed by atoms with E-state index in [-0.39, 0.29) is 36.9 Å². The van der Waals surface area contributed by atoms with Crippen LogP contribution in [-0.2, 0) is 35.1 Å². The third-order valence-corrected chi connectivity index (χ3v) is 5.69. The zero-order chi connectivity index (χ0) is 29.6. The van der Waals surface area contributed by atoms with Gasteiger partial charge in [0.15, 0.2) is 0 Å². The van der Waals surface area contributed by atoms with E-state index in [4.69, 9.17) is 18.9 Å². The van der Waals surface area contributed by atoms with Crippen molar-refractivity contribution in [1.82, 2.24) is 5.32 Å². The van der Waals surface area contributed by atoms with E-state index >= 15 is 0 Å². The number of aliphatic carboxylic acids is 1. The summed E-state index contributed by atoms with van der Waals surface area (Å²) in [6, 6.07) is 24.7. The Morgan fingerprint density at radius 3 is 1.68 bits per heavy atom. The number of hydrogen-bond donors (Lipinski definition) is 2. The fourth-order valence-corrected chi connectivity index (χ4v) is 3.61. The summed E-state index contributed by atoms with van der Waals surface area (Å²) < 4.78 is 21.8. The number of rotatable bonds is 15. The van der Waals surface area contributed by atoms with Crippen molar-refractivity contribution in [2.45, 2.75) is 44.8 Å². The van der Waals surface area contributed by atoms with Gasteiger partial charge in [-0.3, -0.25) is 0 Å². The van der Waals surface area contributed by atoms with Gasteiger partial charge in [-0.15, -0.1) is 0 Å². The molecule has 0 amide bonds. The summed E-state index contributed by atoms with van der Waals surface area (Å²) in [5.74, 6) is -4.92. The Morgan fingerprint density at radius 2 is 1.20 bits per heavy atom. The Hall–Kier alpha value is -4.54. The van der Waals surface area contributed by atoms with E-state index in [0.717, 1.165) is 5.56 Å². The second-order valence-corrected chi connectivity index (χ2v) is 9.34. The summed E-state index contributed by atoms with van der Waals surface area (Å²) in [5.41, 5.74) is 1.02. The van der Waals surface area contributed by atoms with Gasteiger partial charge in [-0.25, -0.2) is 19.2 Å². The molecular formula is C31H33NO9. The third kappa shape index (κ3) is 10.2. The largest absolute Gasteiger partial charge is 0.478 e. The van der Waals surface area contributed by atoms with Crippen LogP contribution in [0.5, 0.6) is 0 Å². The van der Waals surface area contributed by atoms with E-state index in [1.54, 1.807) is 36.4 Å². The van der Waals surface area contributed by atoms with Crippen molar-refractivity contribution < 1.29 is 43.2 Å². The number of ether oxygens (including phenoxy) is 4. The van der Waals surface area contributed by atoms with Gasteiger partial charge in [0, 0.05) is 12.6 Å². The molecule has 0 aromatic heterocycles. The van der Waals surface area contributed by atoms with E-state index < -0.39 is 42.2 Å². The zero-order valence-corrected chi connectivity index (χ0v) is 22.8. The normalized spacial score (nSPS) is 13.0. The number of hydrogen-bond acceptors (Lipinski definition) is 9. The Labute approximate surface area is 238 Å². The Kier molecular flexibility index (Phi) is 12.0. The standard InChI is InChI=1S/C31H33NO9/c1-21(2)32-18-25(20-38-19-22-12-6-3-7-13-22)39-31(37)27(41-30(36)24-16-10-5-11-17-24)26(28(33)34)40-29(35)23-14-8-4-9-15-23/h3-17,21,25-27,32H,18-20H2,1-2H3,(H,33,34)/t25-,26+,27-/m1/s1. The van der Waals surface area contributed by atoms with Gasteiger partial charge >= 0.3 is 23.9 Å². The van der Waals surface area contributed by atoms with Gasteiger partial charge in [0.25, 0.3) is 0 Å². The second kappa shape index (κ2) is 15.9. The first-order chi connectivity index (χ1) is 19.7. The SMILES string of the molecule is CC(C)NC[C@H](COCc1ccccc1)OC(=O)[C@H](OC(=O)c1ccccc1)[C@H](OC(=O)c1ccccc1)C(=O)O. The van der Waals surface area contributed by atoms with Crippen LogP contribution in [0.1, 0.15) is 40.1 Å². The molecule has 0 aliphatic rings. The van der Waals surface area contributed by atoms with Gasteiger partial charge in [0.1, 0.15) is 6.10 Å². The highest BCUT2D eigenvalue weighted by atomic mass is 16.6. The number of carbonyl (C=O) groups excluding carboxylic acids is 3. The summed E-state index contributed by atoms with van der Waals surface area (Å²) >= 11 is 0. The van der Waals surface area contributed by atoms with Crippen LogP contribution in [0, 0.1) is 0 Å². The van der Waals surface area contributed by atoms with Crippen LogP contribution in [0.4, 0.5) is 0 Å². The predicted molar refractivity (Wildman–Crippen MR) is 148 cm³/mol. The van der Waals surface area contributed by atoms with Crippen molar-refractivity contribution >= 4 is 23.9 Å². The monoisotopic (exact) mass is 563 g/mol. The first-order valence-electron chi connectivity index (χ1n) is 13.0. The maximum Gasteiger partial charge on any atom is 0.352 e. The second-order valence-electron chi connectivity index (χ2n) is 9.34. The van der Waals surface area contributed by atoms with Crippen molar-refractivity contribution in [2.75, 3.05) is 13.2 Å². The lowest BCUT2D eigenvalue weighted by Crippen LogP contribution is -2.49. The van der Waals surface area contributed by atoms with Gasteiger partial charge < -0.3 is 29.4 Å². The van der Waals surface area contributed by atoms with Crippen molar-refractivity contribution in [3.05, 3.63) is 108 Å². The summed E-state index contributed by atoms with van der Waals surface area (Å²) in [4.78, 5) is 51.3. The first-order valence-corrected chi connectivity index (χ1v) is 13.0. The Morgan fingerprint density at radius 1 is 0.707 bits per heavy atom. The van der Waals surface area contributed by atoms with Crippen LogP contribution < -0.4 is 5.32 Å². The van der Waals surface area contributed by atoms with Crippen LogP contribution in [0.2, 0.25) is 0 Å². The summed E-state index contributed by atoms with van der Waals surface area (Å²) in [7, 11) is 0. The number of nitrogens with one attached hydrogen (secondary N) is 1. The molecule has 0 radical (unpaired) electrons. The van der Waals surface area contributed by atoms with E-state index in [0.29, 0.717) is 0 Å². The third-order valence-electron chi connectivity index (χ3n) is 5.69. The topological polar surface area (TPSA) is 137 Å². The van der Waals surface area contributed by atoms with Gasteiger partial charge in [0.05, 0.1) is 24.3 Å². The lowest BCUT2D eigenvalue weighted by molar-refractivity contribution is -0.176. The molecule has 0 bridgehead atoms. The maximum atomic E-state index is 13.4. The minimum atomic E-state index is -2.19. The minimum Gasteiger partial charge on any atom is -0.478 e. The molecule has 3 aromatic rings. The fourth-order valence-electron chi connectivity index (χ4n) is 3.61. The maximum absolute atomic E-state index is 13.4. The van der Waals surface area contributed by atoms with E-state index in [1.807, 2.05) is 44.2 Å². The molecule has 3 atom stereocenters. The van der Waals surface area contributed by atoms with E-state index in [9.17, 15) is 24.3 Å². The van der Waals surface area contributed by atoms with Gasteiger partial charge in [-0.2, -0.15) is 0 Å². The van der Waals surface area contributed by atoms with Gasteiger partial charge in [-0.05, 0) is 29.8 Å². The smallest absolute Gasteiger partial charge is 0.352 e. The average molecular weight is 564 g/mol. The molecule has 0 aliphatic heterocycles. The lowest BCUT2D eigenvalue weighted by atomic mass is 10.1. The highest BCUT2D eigenvalue weighted by molar-refractivity contribution is 5.95. The molecule has 0 fully saturated rings. The molecule has 0 aliphatic carbocycles. The summed E-state index contributed by atoms with van der Waals surface area (Å²) in [5, 5.41) is 13.1. The fraction of sp³-hybridized carbons (Fsp3) is 0.290. The number of carboxylic acid groups (broad SMARTS) is 1. The number of benzene rings is 3. The highest BCUT2D eigenvalue weighted by Crippen LogP contribution is 2.16. The molecule has 216 valence electrons. The number of carboxylic acids is 1. The molecule has 0 heterocycles. The molecule has 3 aromatic carbocycles. The predicted octanol–water partition coefficient (Wildman–Crippen LogP) is 3.65. The molecule has 3 rings (SSSR count). The molecule has 10 nitrogen and oxygen atoms in total. The van der Waals surface area contributed by atoms with Crippen LogP contribution >= 0.6 is 0 Å². The van der Waals surface area contributed by atoms with Gasteiger partial charge in [-0.1, -0.05) is 80.6 Å². The molecule has 0 saturated carbocycles. The van der Waals surface area contributed by atoms with Crippen LogP contribution in [-0.4, -0.2) is 66.5 Å². The quantitative estimate of drug-likeness (QED) is 0.208. The highest BCUT2D eigenvalue weighted by Gasteiger charge is 2.43.